The average molecular weight is 330 g/mol. The van der Waals surface area contributed by atoms with Gasteiger partial charge in [-0.15, -0.1) is 11.8 Å². The van der Waals surface area contributed by atoms with Crippen LogP contribution in [0.1, 0.15) is 6.42 Å². The average Bonchev–Trinajstić information content (AvgIpc) is 2.34. The van der Waals surface area contributed by atoms with Crippen LogP contribution in [-0.2, 0) is 4.79 Å². The number of carbonyl (C=O) groups is 2. The lowest BCUT2D eigenvalue weighted by molar-refractivity contribution is -0.120. The second-order valence-corrected chi connectivity index (χ2v) is 6.20. The zero-order chi connectivity index (χ0) is 13.1. The molecule has 4 nitrogen and oxygen atoms in total. The Kier molecular flexibility index (Phi) is 4.29. The first-order valence-corrected chi connectivity index (χ1v) is 7.16. The molecule has 0 aliphatic carbocycles. The van der Waals surface area contributed by atoms with E-state index in [1.807, 2.05) is 24.3 Å². The van der Waals surface area contributed by atoms with E-state index >= 15 is 0 Å². The molecule has 1 atom stereocenters. The van der Waals surface area contributed by atoms with E-state index in [9.17, 15) is 9.59 Å². The van der Waals surface area contributed by atoms with Crippen LogP contribution in [0.15, 0.2) is 33.6 Å². The van der Waals surface area contributed by atoms with Crippen LogP contribution in [-0.4, -0.2) is 40.2 Å². The van der Waals surface area contributed by atoms with E-state index < -0.39 is 6.09 Å². The highest BCUT2D eigenvalue weighted by molar-refractivity contribution is 9.10. The van der Waals surface area contributed by atoms with Crippen LogP contribution < -0.4 is 0 Å². The van der Waals surface area contributed by atoms with Crippen LogP contribution in [0.4, 0.5) is 4.79 Å². The number of carboxylic acid groups (broad SMARTS) is 1. The highest BCUT2D eigenvalue weighted by Gasteiger charge is 2.30. The van der Waals surface area contributed by atoms with Gasteiger partial charge in [-0.3, -0.25) is 4.79 Å². The maximum Gasteiger partial charge on any atom is 0.407 e. The van der Waals surface area contributed by atoms with Crippen molar-refractivity contribution in [2.24, 2.45) is 0 Å². The minimum absolute atomic E-state index is 0.125. The second kappa shape index (κ2) is 5.75. The van der Waals surface area contributed by atoms with Gasteiger partial charge in [-0.1, -0.05) is 15.9 Å². The lowest BCUT2D eigenvalue weighted by Gasteiger charge is -2.29. The van der Waals surface area contributed by atoms with E-state index in [0.717, 1.165) is 9.37 Å². The van der Waals surface area contributed by atoms with Gasteiger partial charge in [0.2, 0.25) is 0 Å². The number of hydrogen-bond donors (Lipinski definition) is 1. The molecule has 2 rings (SSSR count). The van der Waals surface area contributed by atoms with Gasteiger partial charge in [0.15, 0.2) is 0 Å². The molecule has 1 aliphatic heterocycles. The molecule has 1 heterocycles. The number of hydrogen-bond acceptors (Lipinski definition) is 3. The van der Waals surface area contributed by atoms with Gasteiger partial charge in [-0.05, 0) is 24.3 Å². The van der Waals surface area contributed by atoms with E-state index in [1.165, 1.54) is 16.7 Å². The summed E-state index contributed by atoms with van der Waals surface area (Å²) in [4.78, 5) is 25.0. The Morgan fingerprint density at radius 3 is 2.67 bits per heavy atom. The van der Waals surface area contributed by atoms with Gasteiger partial charge in [-0.2, -0.15) is 0 Å². The van der Waals surface area contributed by atoms with Crippen molar-refractivity contribution in [3.8, 4) is 0 Å². The first-order valence-electron chi connectivity index (χ1n) is 5.49. The lowest BCUT2D eigenvalue weighted by Crippen LogP contribution is -2.45. The molecule has 0 saturated carbocycles. The zero-order valence-corrected chi connectivity index (χ0v) is 11.9. The largest absolute Gasteiger partial charge is 0.465 e. The Morgan fingerprint density at radius 1 is 1.39 bits per heavy atom. The molecule has 6 heteroatoms. The van der Waals surface area contributed by atoms with Gasteiger partial charge in [0, 0.05) is 28.9 Å². The van der Waals surface area contributed by atoms with E-state index in [2.05, 4.69) is 15.9 Å². The molecule has 1 aliphatic rings. The van der Waals surface area contributed by atoms with Crippen LogP contribution in [0, 0.1) is 0 Å². The summed E-state index contributed by atoms with van der Waals surface area (Å²) in [5, 5.41) is 8.65. The molecular weight excluding hydrogens is 318 g/mol. The van der Waals surface area contributed by atoms with E-state index in [0.29, 0.717) is 13.0 Å². The number of carbonyl (C=O) groups excluding carboxylic acids is 1. The number of Topliss-reactive ketones (excluding diaryl/α,β-unsaturated/α-hetero) is 1. The first kappa shape index (κ1) is 13.4. The van der Waals surface area contributed by atoms with Crippen molar-refractivity contribution in [1.29, 1.82) is 0 Å². The molecule has 1 fully saturated rings. The lowest BCUT2D eigenvalue weighted by atomic mass is 10.1. The predicted octanol–water partition coefficient (Wildman–Crippen LogP) is 2.86. The molecule has 1 aromatic rings. The van der Waals surface area contributed by atoms with Crippen molar-refractivity contribution in [3.05, 3.63) is 28.7 Å². The van der Waals surface area contributed by atoms with Crippen LogP contribution in [0.3, 0.4) is 0 Å². The fourth-order valence-electron chi connectivity index (χ4n) is 1.75. The van der Waals surface area contributed by atoms with E-state index in [4.69, 9.17) is 5.11 Å². The van der Waals surface area contributed by atoms with Crippen molar-refractivity contribution in [2.75, 3.05) is 13.1 Å². The van der Waals surface area contributed by atoms with E-state index in [-0.39, 0.29) is 17.6 Å². The molecule has 0 bridgehead atoms. The highest BCUT2D eigenvalue weighted by atomic mass is 79.9. The van der Waals surface area contributed by atoms with Crippen LogP contribution in [0.5, 0.6) is 0 Å². The van der Waals surface area contributed by atoms with Crippen molar-refractivity contribution in [3.63, 3.8) is 0 Å². The molecule has 1 aromatic carbocycles. The fourth-order valence-corrected chi connectivity index (χ4v) is 3.14. The third-order valence-corrected chi connectivity index (χ3v) is 4.51. The molecule has 1 N–H and O–H groups in total. The number of thioether (sulfide) groups is 1. The summed E-state index contributed by atoms with van der Waals surface area (Å²) in [5.41, 5.74) is 0. The van der Waals surface area contributed by atoms with Crippen molar-refractivity contribution in [2.45, 2.75) is 16.6 Å². The van der Waals surface area contributed by atoms with Gasteiger partial charge in [-0.25, -0.2) is 4.79 Å². The quantitative estimate of drug-likeness (QED) is 0.906. The Hall–Kier alpha value is -1.01. The minimum atomic E-state index is -0.955. The molecule has 0 aromatic heterocycles. The number of piperidine rings is 1. The summed E-state index contributed by atoms with van der Waals surface area (Å²) in [7, 11) is 0. The molecule has 1 amide bonds. The fraction of sp³-hybridized carbons (Fsp3) is 0.333. The maximum atomic E-state index is 11.8. The minimum Gasteiger partial charge on any atom is -0.465 e. The Balaban J connectivity index is 2.04. The molecule has 18 heavy (non-hydrogen) atoms. The van der Waals surface area contributed by atoms with Crippen LogP contribution in [0.25, 0.3) is 0 Å². The SMILES string of the molecule is O=C1CCN(C(=O)O)CC1Sc1ccc(Br)cc1. The van der Waals surface area contributed by atoms with Gasteiger partial charge in [0.1, 0.15) is 5.78 Å². The number of rotatable bonds is 2. The predicted molar refractivity (Wildman–Crippen MR) is 73.0 cm³/mol. The normalized spacial score (nSPS) is 19.9. The first-order chi connectivity index (χ1) is 8.56. The monoisotopic (exact) mass is 329 g/mol. The number of likely N-dealkylation sites (tertiary alicyclic amines) is 1. The number of nitrogens with zero attached hydrogens (tertiary/aromatic N) is 1. The number of halogens is 1. The Morgan fingerprint density at radius 2 is 2.06 bits per heavy atom. The number of ketones is 1. The topological polar surface area (TPSA) is 57.6 Å². The summed E-state index contributed by atoms with van der Waals surface area (Å²) in [5.74, 6) is 0.125. The smallest absolute Gasteiger partial charge is 0.407 e. The third kappa shape index (κ3) is 3.26. The third-order valence-electron chi connectivity index (χ3n) is 2.74. The summed E-state index contributed by atoms with van der Waals surface area (Å²) < 4.78 is 0.981. The molecule has 1 unspecified atom stereocenters. The molecule has 0 spiro atoms. The Labute approximate surface area is 117 Å². The number of amides is 1. The van der Waals surface area contributed by atoms with Crippen LogP contribution >= 0.6 is 27.7 Å². The second-order valence-electron chi connectivity index (χ2n) is 4.01. The van der Waals surface area contributed by atoms with Crippen LogP contribution in [0.2, 0.25) is 0 Å². The van der Waals surface area contributed by atoms with Crippen molar-refractivity contribution in [1.82, 2.24) is 4.90 Å². The molecule has 0 radical (unpaired) electrons. The molecule has 1 saturated heterocycles. The summed E-state index contributed by atoms with van der Waals surface area (Å²) in [6, 6.07) is 7.65. The molecule has 96 valence electrons. The summed E-state index contributed by atoms with van der Waals surface area (Å²) >= 11 is 4.78. The summed E-state index contributed by atoms with van der Waals surface area (Å²) in [6.07, 6.45) is -0.649. The van der Waals surface area contributed by atoms with Gasteiger partial charge < -0.3 is 10.0 Å². The van der Waals surface area contributed by atoms with Gasteiger partial charge >= 0.3 is 6.09 Å². The van der Waals surface area contributed by atoms with E-state index in [1.54, 1.807) is 0 Å². The summed E-state index contributed by atoms with van der Waals surface area (Å²) in [6.45, 7) is 0.584. The standard InChI is InChI=1S/C12H12BrNO3S/c13-8-1-3-9(4-2-8)18-11-7-14(12(16)17)6-5-10(11)15/h1-4,11H,5-7H2,(H,16,17). The zero-order valence-electron chi connectivity index (χ0n) is 9.51. The maximum absolute atomic E-state index is 11.8. The highest BCUT2D eigenvalue weighted by Crippen LogP contribution is 2.28. The van der Waals surface area contributed by atoms with Gasteiger partial charge in [0.25, 0.3) is 0 Å². The Bertz CT molecular complexity index is 463. The number of benzene rings is 1. The van der Waals surface area contributed by atoms with Crippen molar-refractivity contribution < 1.29 is 14.7 Å². The van der Waals surface area contributed by atoms with Crippen molar-refractivity contribution >= 4 is 39.6 Å². The molecular formula is C12H12BrNO3S. The van der Waals surface area contributed by atoms with Gasteiger partial charge in [0.05, 0.1) is 5.25 Å².